The Morgan fingerprint density at radius 1 is 1.42 bits per heavy atom. The number of hydrogen-bond acceptors (Lipinski definition) is 4. The molecule has 0 bridgehead atoms. The van der Waals surface area contributed by atoms with Gasteiger partial charge in [0.15, 0.2) is 5.78 Å². The third kappa shape index (κ3) is 3.79. The van der Waals surface area contributed by atoms with E-state index in [-0.39, 0.29) is 25.4 Å². The lowest BCUT2D eigenvalue weighted by Crippen LogP contribution is -2.51. The summed E-state index contributed by atoms with van der Waals surface area (Å²) in [6.07, 6.45) is -0.875. The van der Waals surface area contributed by atoms with Crippen molar-refractivity contribution in [1.29, 1.82) is 0 Å². The third-order valence-corrected chi connectivity index (χ3v) is 4.93. The van der Waals surface area contributed by atoms with Gasteiger partial charge in [0.1, 0.15) is 5.54 Å². The normalized spacial score (nSPS) is 23.6. The average Bonchev–Trinajstić information content (AvgIpc) is 2.53. The van der Waals surface area contributed by atoms with Crippen molar-refractivity contribution >= 4 is 25.9 Å². The first kappa shape index (κ1) is 15.7. The summed E-state index contributed by atoms with van der Waals surface area (Å²) in [5.74, 6) is -1.44. The Hall–Kier alpha value is -1.37. The number of carboxylic acid groups (broad SMARTS) is 1. The van der Waals surface area contributed by atoms with Crippen molar-refractivity contribution in [2.24, 2.45) is 0 Å². The predicted molar refractivity (Wildman–Crippen MR) is 71.9 cm³/mol. The Balaban J connectivity index is 2.65. The molecule has 0 unspecified atom stereocenters. The van der Waals surface area contributed by atoms with E-state index in [1.54, 1.807) is 0 Å². The van der Waals surface area contributed by atoms with Crippen LogP contribution in [0.4, 0.5) is 4.79 Å². The van der Waals surface area contributed by atoms with Crippen LogP contribution in [-0.2, 0) is 14.3 Å². The van der Waals surface area contributed by atoms with E-state index < -0.39 is 25.7 Å². The Labute approximate surface area is 113 Å². The van der Waals surface area contributed by atoms with Crippen molar-refractivity contribution < 1.29 is 24.2 Å². The molecule has 1 fully saturated rings. The lowest BCUT2D eigenvalue weighted by molar-refractivity contribution is -0.148. The zero-order valence-corrected chi connectivity index (χ0v) is 12.9. The summed E-state index contributed by atoms with van der Waals surface area (Å²) < 4.78 is 5.10. The Bertz CT molecular complexity index is 403. The van der Waals surface area contributed by atoms with Gasteiger partial charge in [0.05, 0.1) is 13.2 Å². The van der Waals surface area contributed by atoms with E-state index in [0.29, 0.717) is 0 Å². The van der Waals surface area contributed by atoms with E-state index in [1.165, 1.54) is 6.92 Å². The number of ether oxygens (including phenoxy) is 1. The quantitative estimate of drug-likeness (QED) is 0.794. The molecule has 0 aromatic rings. The zero-order valence-electron chi connectivity index (χ0n) is 11.9. The lowest BCUT2D eigenvalue weighted by Gasteiger charge is -2.29. The second-order valence-corrected chi connectivity index (χ2v) is 11.9. The number of Topliss-reactive ketones (excluding diaryl/α,β-unsaturated/α-hetero) is 1. The maximum atomic E-state index is 11.9. The van der Waals surface area contributed by atoms with Gasteiger partial charge in [-0.05, 0) is 13.0 Å². The van der Waals surface area contributed by atoms with E-state index in [2.05, 4.69) is 19.6 Å². The molecule has 0 aromatic heterocycles. The van der Waals surface area contributed by atoms with Crippen LogP contribution >= 0.6 is 0 Å². The van der Waals surface area contributed by atoms with Gasteiger partial charge in [0.2, 0.25) is 0 Å². The van der Waals surface area contributed by atoms with Gasteiger partial charge < -0.3 is 9.84 Å². The molecule has 19 heavy (non-hydrogen) atoms. The Morgan fingerprint density at radius 3 is 2.47 bits per heavy atom. The van der Waals surface area contributed by atoms with Crippen LogP contribution < -0.4 is 0 Å². The van der Waals surface area contributed by atoms with Gasteiger partial charge in [0, 0.05) is 14.5 Å². The van der Waals surface area contributed by atoms with E-state index in [4.69, 9.17) is 9.84 Å². The summed E-state index contributed by atoms with van der Waals surface area (Å²) in [6.45, 7) is 7.92. The summed E-state index contributed by atoms with van der Waals surface area (Å²) in [7, 11) is -1.31. The van der Waals surface area contributed by atoms with E-state index in [1.807, 2.05) is 0 Å². The van der Waals surface area contributed by atoms with E-state index >= 15 is 0 Å². The van der Waals surface area contributed by atoms with Crippen molar-refractivity contribution in [3.63, 3.8) is 0 Å². The van der Waals surface area contributed by atoms with Gasteiger partial charge in [-0.25, -0.2) is 9.59 Å². The van der Waals surface area contributed by atoms with Gasteiger partial charge in [-0.1, -0.05) is 19.6 Å². The molecule has 1 N–H and O–H groups in total. The number of likely N-dealkylation sites (tertiary alicyclic amines) is 1. The second-order valence-electron chi connectivity index (χ2n) is 6.31. The van der Waals surface area contributed by atoms with Crippen LogP contribution in [0.25, 0.3) is 0 Å². The summed E-state index contributed by atoms with van der Waals surface area (Å²) in [6, 6.07) is 0.810. The maximum Gasteiger partial charge on any atom is 0.411 e. The largest absolute Gasteiger partial charge is 0.479 e. The Kier molecular flexibility index (Phi) is 4.39. The summed E-state index contributed by atoms with van der Waals surface area (Å²) in [5.41, 5.74) is -1.48. The molecule has 1 amide bonds. The van der Waals surface area contributed by atoms with E-state index in [0.717, 1.165) is 10.9 Å². The number of amides is 1. The van der Waals surface area contributed by atoms with Crippen LogP contribution in [0.3, 0.4) is 0 Å². The number of nitrogens with zero attached hydrogens (tertiary/aromatic N) is 1. The van der Waals surface area contributed by atoms with Crippen LogP contribution in [0.1, 0.15) is 13.3 Å². The predicted octanol–water partition coefficient (Wildman–Crippen LogP) is 1.58. The number of carboxylic acids is 1. The van der Waals surface area contributed by atoms with Crippen molar-refractivity contribution in [1.82, 2.24) is 4.90 Å². The highest BCUT2D eigenvalue weighted by Gasteiger charge is 2.50. The minimum absolute atomic E-state index is 0.161. The minimum atomic E-state index is -1.48. The van der Waals surface area contributed by atoms with Gasteiger partial charge in [-0.2, -0.15) is 0 Å². The molecular formula is C12H21NO5Si. The molecule has 6 nitrogen and oxygen atoms in total. The van der Waals surface area contributed by atoms with Crippen LogP contribution in [0.2, 0.25) is 25.7 Å². The SMILES string of the molecule is C[C@@]1(C(=O)O)CC(=O)CN1C(=O)OCC[Si](C)(C)C. The molecule has 1 heterocycles. The molecule has 1 aliphatic rings. The molecule has 1 atom stereocenters. The molecule has 1 saturated heterocycles. The molecule has 1 rings (SSSR count). The first-order valence-electron chi connectivity index (χ1n) is 6.26. The van der Waals surface area contributed by atoms with Crippen molar-refractivity contribution in [3.8, 4) is 0 Å². The highest BCUT2D eigenvalue weighted by atomic mass is 28.3. The molecule has 108 valence electrons. The van der Waals surface area contributed by atoms with Gasteiger partial charge in [-0.15, -0.1) is 0 Å². The highest BCUT2D eigenvalue weighted by Crippen LogP contribution is 2.28. The fourth-order valence-corrected chi connectivity index (χ4v) is 2.58. The lowest BCUT2D eigenvalue weighted by atomic mass is 9.99. The molecule has 1 aliphatic heterocycles. The maximum absolute atomic E-state index is 11.9. The summed E-state index contributed by atoms with van der Waals surface area (Å²) >= 11 is 0. The number of hydrogen-bond donors (Lipinski definition) is 1. The van der Waals surface area contributed by atoms with Crippen molar-refractivity contribution in [2.75, 3.05) is 13.2 Å². The average molecular weight is 287 g/mol. The fraction of sp³-hybridized carbons (Fsp3) is 0.750. The topological polar surface area (TPSA) is 83.9 Å². The van der Waals surface area contributed by atoms with Gasteiger partial charge in [-0.3, -0.25) is 9.69 Å². The first-order chi connectivity index (χ1) is 8.56. The number of rotatable bonds is 4. The Morgan fingerprint density at radius 2 is 2.00 bits per heavy atom. The van der Waals surface area contributed by atoms with Crippen molar-refractivity contribution in [2.45, 2.75) is 44.6 Å². The first-order valence-corrected chi connectivity index (χ1v) is 9.96. The minimum Gasteiger partial charge on any atom is -0.479 e. The van der Waals surface area contributed by atoms with Crippen LogP contribution in [0, 0.1) is 0 Å². The molecule has 0 aromatic carbocycles. The van der Waals surface area contributed by atoms with E-state index in [9.17, 15) is 14.4 Å². The molecule has 0 saturated carbocycles. The second kappa shape index (κ2) is 5.32. The smallest absolute Gasteiger partial charge is 0.411 e. The molecule has 0 radical (unpaired) electrons. The highest BCUT2D eigenvalue weighted by molar-refractivity contribution is 6.76. The molecule has 7 heteroatoms. The summed E-state index contributed by atoms with van der Waals surface area (Å²) in [4.78, 5) is 35.5. The number of ketones is 1. The van der Waals surface area contributed by atoms with Gasteiger partial charge >= 0.3 is 12.1 Å². The monoisotopic (exact) mass is 287 g/mol. The third-order valence-electron chi connectivity index (χ3n) is 3.23. The molecule has 0 spiro atoms. The standard InChI is InChI=1S/C12H21NO5Si/c1-12(10(15)16)7-9(14)8-13(12)11(17)18-5-6-19(2,3)4/h5-8H2,1-4H3,(H,15,16)/t12-/m0/s1. The van der Waals surface area contributed by atoms with Gasteiger partial charge in [0.25, 0.3) is 0 Å². The zero-order chi connectivity index (χ0) is 14.8. The molecule has 0 aliphatic carbocycles. The van der Waals surface area contributed by atoms with Crippen LogP contribution in [-0.4, -0.2) is 54.6 Å². The molecular weight excluding hydrogens is 266 g/mol. The van der Waals surface area contributed by atoms with Crippen LogP contribution in [0.15, 0.2) is 0 Å². The van der Waals surface area contributed by atoms with Crippen LogP contribution in [0.5, 0.6) is 0 Å². The number of carbonyl (C=O) groups excluding carboxylic acids is 2. The number of aliphatic carboxylic acids is 1. The number of carbonyl (C=O) groups is 3. The van der Waals surface area contributed by atoms with Crippen molar-refractivity contribution in [3.05, 3.63) is 0 Å². The fourth-order valence-electron chi connectivity index (χ4n) is 1.87. The summed E-state index contributed by atoms with van der Waals surface area (Å²) in [5, 5.41) is 9.17.